The second-order valence-electron chi connectivity index (χ2n) is 6.40. The first-order chi connectivity index (χ1) is 12.4. The van der Waals surface area contributed by atoms with Gasteiger partial charge in [-0.15, -0.1) is 0 Å². The van der Waals surface area contributed by atoms with Crippen molar-refractivity contribution >= 4 is 34.2 Å². The van der Waals surface area contributed by atoms with Crippen molar-refractivity contribution in [1.29, 1.82) is 0 Å². The Morgan fingerprint density at radius 2 is 1.88 bits per heavy atom. The number of carbonyl (C=O) groups is 1. The maximum atomic E-state index is 12.2. The number of hydrogen-bond donors (Lipinski definition) is 1. The van der Waals surface area contributed by atoms with Gasteiger partial charge in [-0.1, -0.05) is 35.9 Å². The minimum Gasteiger partial charge on any atom is -0.310 e. The van der Waals surface area contributed by atoms with Crippen molar-refractivity contribution < 1.29 is 4.79 Å². The molecule has 5 nitrogen and oxygen atoms in total. The molecule has 3 aromatic rings. The van der Waals surface area contributed by atoms with E-state index in [1.165, 1.54) is 0 Å². The zero-order valence-electron chi connectivity index (χ0n) is 15.1. The Bertz CT molecular complexity index is 958. The van der Waals surface area contributed by atoms with Gasteiger partial charge in [0.2, 0.25) is 5.91 Å². The van der Waals surface area contributed by atoms with Crippen LogP contribution in [0, 0.1) is 13.8 Å². The number of para-hydroxylation sites is 1. The third-order valence-corrected chi connectivity index (χ3v) is 4.64. The van der Waals surface area contributed by atoms with Crippen LogP contribution in [-0.4, -0.2) is 34.4 Å². The standard InChI is InChI=1S/C20H21ClN4O/c1-13-7-6-10-18(22-13)24-19(26)12-25(3)11-17-20(21)14(2)15-8-4-5-9-16(15)23-17/h4-10H,11-12H2,1-3H3,(H,22,24,26). The molecule has 0 bridgehead atoms. The number of amides is 1. The molecule has 0 unspecified atom stereocenters. The van der Waals surface area contributed by atoms with Gasteiger partial charge in [0.15, 0.2) is 0 Å². The summed E-state index contributed by atoms with van der Waals surface area (Å²) in [5.74, 6) is 0.431. The maximum absolute atomic E-state index is 12.2. The molecule has 1 N–H and O–H groups in total. The molecule has 1 aromatic carbocycles. The highest BCUT2D eigenvalue weighted by Crippen LogP contribution is 2.27. The summed E-state index contributed by atoms with van der Waals surface area (Å²) in [7, 11) is 1.87. The molecule has 0 spiro atoms. The van der Waals surface area contributed by atoms with Crippen LogP contribution < -0.4 is 5.32 Å². The van der Waals surface area contributed by atoms with Gasteiger partial charge in [-0.2, -0.15) is 0 Å². The molecule has 0 aliphatic heterocycles. The monoisotopic (exact) mass is 368 g/mol. The second kappa shape index (κ2) is 7.81. The van der Waals surface area contributed by atoms with Gasteiger partial charge >= 0.3 is 0 Å². The second-order valence-corrected chi connectivity index (χ2v) is 6.78. The fourth-order valence-corrected chi connectivity index (χ4v) is 3.08. The van der Waals surface area contributed by atoms with Crippen LogP contribution in [-0.2, 0) is 11.3 Å². The smallest absolute Gasteiger partial charge is 0.239 e. The molecule has 2 aromatic heterocycles. The Kier molecular flexibility index (Phi) is 5.49. The third-order valence-electron chi connectivity index (χ3n) is 4.14. The molecule has 0 radical (unpaired) electrons. The summed E-state index contributed by atoms with van der Waals surface area (Å²) >= 11 is 6.50. The van der Waals surface area contributed by atoms with E-state index in [2.05, 4.69) is 15.3 Å². The van der Waals surface area contributed by atoms with Crippen LogP contribution in [0.3, 0.4) is 0 Å². The van der Waals surface area contributed by atoms with Gasteiger partial charge in [0, 0.05) is 17.6 Å². The Morgan fingerprint density at radius 1 is 1.12 bits per heavy atom. The molecule has 6 heteroatoms. The number of aryl methyl sites for hydroxylation is 2. The van der Waals surface area contributed by atoms with Crippen LogP contribution >= 0.6 is 11.6 Å². The van der Waals surface area contributed by atoms with Gasteiger partial charge in [-0.25, -0.2) is 9.97 Å². The van der Waals surface area contributed by atoms with Crippen LogP contribution in [0.25, 0.3) is 10.9 Å². The molecule has 0 fully saturated rings. The number of anilines is 1. The molecular weight excluding hydrogens is 348 g/mol. The summed E-state index contributed by atoms with van der Waals surface area (Å²) in [6, 6.07) is 13.4. The van der Waals surface area contributed by atoms with Crippen LogP contribution in [0.15, 0.2) is 42.5 Å². The Balaban J connectivity index is 1.70. The van der Waals surface area contributed by atoms with E-state index in [0.29, 0.717) is 17.4 Å². The molecule has 0 atom stereocenters. The minimum atomic E-state index is -0.126. The Morgan fingerprint density at radius 3 is 2.65 bits per heavy atom. The largest absolute Gasteiger partial charge is 0.310 e. The number of pyridine rings is 2. The average Bonchev–Trinajstić information content (AvgIpc) is 2.59. The van der Waals surface area contributed by atoms with Crippen LogP contribution in [0.4, 0.5) is 5.82 Å². The molecule has 26 heavy (non-hydrogen) atoms. The molecular formula is C20H21ClN4O. The van der Waals surface area contributed by atoms with E-state index in [1.54, 1.807) is 6.07 Å². The molecule has 134 valence electrons. The molecule has 3 rings (SSSR count). The fraction of sp³-hybridized carbons (Fsp3) is 0.250. The predicted octanol–water partition coefficient (Wildman–Crippen LogP) is 3.97. The van der Waals surface area contributed by atoms with Gasteiger partial charge in [-0.05, 0) is 44.7 Å². The van der Waals surface area contributed by atoms with E-state index in [4.69, 9.17) is 11.6 Å². The van der Waals surface area contributed by atoms with Crippen LogP contribution in [0.1, 0.15) is 17.0 Å². The van der Waals surface area contributed by atoms with E-state index < -0.39 is 0 Å². The lowest BCUT2D eigenvalue weighted by atomic mass is 10.1. The van der Waals surface area contributed by atoms with Gasteiger partial charge in [0.1, 0.15) is 5.82 Å². The lowest BCUT2D eigenvalue weighted by Gasteiger charge is -2.18. The zero-order chi connectivity index (χ0) is 18.7. The van der Waals surface area contributed by atoms with Crippen molar-refractivity contribution in [3.63, 3.8) is 0 Å². The fourth-order valence-electron chi connectivity index (χ4n) is 2.87. The lowest BCUT2D eigenvalue weighted by Crippen LogP contribution is -2.30. The molecule has 0 aliphatic carbocycles. The molecule has 0 saturated carbocycles. The third kappa shape index (κ3) is 4.18. The number of aromatic nitrogens is 2. The van der Waals surface area contributed by atoms with Gasteiger partial charge < -0.3 is 5.32 Å². The number of benzene rings is 1. The number of rotatable bonds is 5. The van der Waals surface area contributed by atoms with Gasteiger partial charge in [0.25, 0.3) is 0 Å². The van der Waals surface area contributed by atoms with Crippen molar-refractivity contribution in [3.8, 4) is 0 Å². The number of likely N-dealkylation sites (N-methyl/N-ethyl adjacent to an activating group) is 1. The summed E-state index contributed by atoms with van der Waals surface area (Å²) in [6.07, 6.45) is 0. The van der Waals surface area contributed by atoms with Crippen molar-refractivity contribution in [2.75, 3.05) is 18.9 Å². The van der Waals surface area contributed by atoms with E-state index in [1.807, 2.05) is 62.2 Å². The average molecular weight is 369 g/mol. The highest BCUT2D eigenvalue weighted by atomic mass is 35.5. The van der Waals surface area contributed by atoms with Gasteiger partial charge in [-0.3, -0.25) is 9.69 Å². The number of halogens is 1. The summed E-state index contributed by atoms with van der Waals surface area (Å²) in [5.41, 5.74) is 3.55. The summed E-state index contributed by atoms with van der Waals surface area (Å²) in [6.45, 7) is 4.59. The van der Waals surface area contributed by atoms with E-state index in [-0.39, 0.29) is 12.5 Å². The van der Waals surface area contributed by atoms with Gasteiger partial charge in [0.05, 0.1) is 22.8 Å². The Labute approximate surface area is 158 Å². The van der Waals surface area contributed by atoms with Crippen molar-refractivity contribution in [3.05, 3.63) is 64.4 Å². The van der Waals surface area contributed by atoms with Crippen molar-refractivity contribution in [1.82, 2.24) is 14.9 Å². The number of carbonyl (C=O) groups excluding carboxylic acids is 1. The first-order valence-corrected chi connectivity index (χ1v) is 8.77. The topological polar surface area (TPSA) is 58.1 Å². The quantitative estimate of drug-likeness (QED) is 0.740. The minimum absolute atomic E-state index is 0.126. The summed E-state index contributed by atoms with van der Waals surface area (Å²) in [5, 5.41) is 4.51. The van der Waals surface area contributed by atoms with E-state index in [9.17, 15) is 4.79 Å². The zero-order valence-corrected chi connectivity index (χ0v) is 15.8. The maximum Gasteiger partial charge on any atom is 0.239 e. The highest BCUT2D eigenvalue weighted by Gasteiger charge is 2.14. The predicted molar refractivity (Wildman–Crippen MR) is 105 cm³/mol. The Hall–Kier alpha value is -2.50. The molecule has 1 amide bonds. The van der Waals surface area contributed by atoms with E-state index in [0.717, 1.165) is 27.9 Å². The van der Waals surface area contributed by atoms with Crippen LogP contribution in [0.5, 0.6) is 0 Å². The number of fused-ring (bicyclic) bond motifs is 1. The van der Waals surface area contributed by atoms with Crippen LogP contribution in [0.2, 0.25) is 5.02 Å². The summed E-state index contributed by atoms with van der Waals surface area (Å²) < 4.78 is 0. The first kappa shape index (κ1) is 18.3. The van der Waals surface area contributed by atoms with Crippen molar-refractivity contribution in [2.45, 2.75) is 20.4 Å². The van der Waals surface area contributed by atoms with Crippen molar-refractivity contribution in [2.24, 2.45) is 0 Å². The van der Waals surface area contributed by atoms with E-state index >= 15 is 0 Å². The number of nitrogens with zero attached hydrogens (tertiary/aromatic N) is 3. The first-order valence-electron chi connectivity index (χ1n) is 8.40. The summed E-state index contributed by atoms with van der Waals surface area (Å²) in [4.78, 5) is 23.1. The molecule has 0 aliphatic rings. The molecule has 0 saturated heterocycles. The number of nitrogens with one attached hydrogen (secondary N) is 1. The lowest BCUT2D eigenvalue weighted by molar-refractivity contribution is -0.117. The molecule has 2 heterocycles. The number of hydrogen-bond acceptors (Lipinski definition) is 4. The SMILES string of the molecule is Cc1cccc(NC(=O)CN(C)Cc2nc3ccccc3c(C)c2Cl)n1. The normalized spacial score (nSPS) is 11.1. The highest BCUT2D eigenvalue weighted by molar-refractivity contribution is 6.32.